The molecule has 0 atom stereocenters. The summed E-state index contributed by atoms with van der Waals surface area (Å²) in [6.07, 6.45) is 1.54. The standard InChI is InChI=1S/C18H19N3O3/c1-5-24-16-7-6-14(9-17(16)23-4)11-20-21-13(3)8-12(2)15(10-19)18(21)22/h6-9,11H,5H2,1-4H3/b20-11-. The number of hydrogen-bond donors (Lipinski definition) is 0. The van der Waals surface area contributed by atoms with Gasteiger partial charge in [-0.3, -0.25) is 4.79 Å². The monoisotopic (exact) mass is 325 g/mol. The normalized spacial score (nSPS) is 10.6. The van der Waals surface area contributed by atoms with Crippen LogP contribution in [0.25, 0.3) is 0 Å². The van der Waals surface area contributed by atoms with Crippen LogP contribution in [0.4, 0.5) is 0 Å². The van der Waals surface area contributed by atoms with Crippen LogP contribution in [-0.4, -0.2) is 24.6 Å². The van der Waals surface area contributed by atoms with Crippen molar-refractivity contribution in [1.29, 1.82) is 5.26 Å². The van der Waals surface area contributed by atoms with Crippen LogP contribution in [0.5, 0.6) is 11.5 Å². The zero-order valence-electron chi connectivity index (χ0n) is 14.2. The van der Waals surface area contributed by atoms with Gasteiger partial charge in [0.25, 0.3) is 5.56 Å². The third-order valence-corrected chi connectivity index (χ3v) is 3.48. The van der Waals surface area contributed by atoms with E-state index in [1.807, 2.05) is 19.1 Å². The van der Waals surface area contributed by atoms with E-state index in [1.165, 1.54) is 4.68 Å². The molecule has 1 heterocycles. The molecule has 0 saturated carbocycles. The molecular formula is C18H19N3O3. The van der Waals surface area contributed by atoms with E-state index >= 15 is 0 Å². The van der Waals surface area contributed by atoms with Gasteiger partial charge < -0.3 is 9.47 Å². The van der Waals surface area contributed by atoms with E-state index in [9.17, 15) is 4.79 Å². The first-order valence-electron chi connectivity index (χ1n) is 7.50. The van der Waals surface area contributed by atoms with E-state index in [-0.39, 0.29) is 5.56 Å². The molecule has 0 aliphatic carbocycles. The maximum Gasteiger partial charge on any atom is 0.289 e. The minimum Gasteiger partial charge on any atom is -0.493 e. The average Bonchev–Trinajstić information content (AvgIpc) is 2.56. The molecule has 1 aromatic heterocycles. The Morgan fingerprint density at radius 1 is 1.29 bits per heavy atom. The zero-order valence-corrected chi connectivity index (χ0v) is 14.2. The number of methoxy groups -OCH3 is 1. The first-order chi connectivity index (χ1) is 11.5. The minimum atomic E-state index is -0.427. The topological polar surface area (TPSA) is 76.6 Å². The number of pyridine rings is 1. The Balaban J connectivity index is 2.42. The van der Waals surface area contributed by atoms with Gasteiger partial charge >= 0.3 is 0 Å². The number of aromatic nitrogens is 1. The zero-order chi connectivity index (χ0) is 17.7. The number of aryl methyl sites for hydroxylation is 2. The summed E-state index contributed by atoms with van der Waals surface area (Å²) in [6.45, 7) is 5.94. The molecule has 0 amide bonds. The van der Waals surface area contributed by atoms with Gasteiger partial charge in [0.2, 0.25) is 0 Å². The van der Waals surface area contributed by atoms with Gasteiger partial charge in [0.05, 0.1) is 19.9 Å². The molecule has 0 bridgehead atoms. The molecular weight excluding hydrogens is 306 g/mol. The second kappa shape index (κ2) is 7.47. The molecule has 0 unspecified atom stereocenters. The highest BCUT2D eigenvalue weighted by molar-refractivity contribution is 5.80. The van der Waals surface area contributed by atoms with Gasteiger partial charge in [-0.15, -0.1) is 0 Å². The first-order valence-corrected chi connectivity index (χ1v) is 7.50. The van der Waals surface area contributed by atoms with Crippen LogP contribution in [0.15, 0.2) is 34.2 Å². The van der Waals surface area contributed by atoms with Gasteiger partial charge in [0.15, 0.2) is 11.5 Å². The van der Waals surface area contributed by atoms with Crippen molar-refractivity contribution in [3.05, 3.63) is 57.0 Å². The van der Waals surface area contributed by atoms with E-state index in [2.05, 4.69) is 5.10 Å². The van der Waals surface area contributed by atoms with Crippen molar-refractivity contribution in [2.75, 3.05) is 13.7 Å². The second-order valence-electron chi connectivity index (χ2n) is 5.16. The molecule has 24 heavy (non-hydrogen) atoms. The van der Waals surface area contributed by atoms with E-state index < -0.39 is 5.56 Å². The van der Waals surface area contributed by atoms with Gasteiger partial charge in [-0.2, -0.15) is 10.4 Å². The summed E-state index contributed by atoms with van der Waals surface area (Å²) in [5.41, 5.74) is 1.73. The third-order valence-electron chi connectivity index (χ3n) is 3.48. The molecule has 2 rings (SSSR count). The molecule has 0 spiro atoms. The Morgan fingerprint density at radius 3 is 2.67 bits per heavy atom. The van der Waals surface area contributed by atoms with Gasteiger partial charge in [-0.1, -0.05) is 0 Å². The van der Waals surface area contributed by atoms with Crippen LogP contribution in [0.3, 0.4) is 0 Å². The molecule has 1 aromatic carbocycles. The fourth-order valence-electron chi connectivity index (χ4n) is 2.32. The molecule has 0 aliphatic heterocycles. The maximum atomic E-state index is 12.3. The lowest BCUT2D eigenvalue weighted by molar-refractivity contribution is 0.311. The van der Waals surface area contributed by atoms with E-state index in [1.54, 1.807) is 45.4 Å². The summed E-state index contributed by atoms with van der Waals surface area (Å²) in [6, 6.07) is 9.06. The molecule has 0 N–H and O–H groups in total. The second-order valence-corrected chi connectivity index (χ2v) is 5.16. The Labute approximate surface area is 140 Å². The summed E-state index contributed by atoms with van der Waals surface area (Å²) >= 11 is 0. The molecule has 124 valence electrons. The first kappa shape index (κ1) is 17.3. The van der Waals surface area contributed by atoms with Crippen LogP contribution < -0.4 is 15.0 Å². The van der Waals surface area contributed by atoms with E-state index in [4.69, 9.17) is 14.7 Å². The lowest BCUT2D eigenvalue weighted by Crippen LogP contribution is -2.22. The van der Waals surface area contributed by atoms with Crippen LogP contribution in [0.1, 0.15) is 29.3 Å². The summed E-state index contributed by atoms with van der Waals surface area (Å²) in [5.74, 6) is 1.24. The minimum absolute atomic E-state index is 0.0991. The number of benzene rings is 1. The van der Waals surface area contributed by atoms with Crippen molar-refractivity contribution >= 4 is 6.21 Å². The van der Waals surface area contributed by atoms with Crippen molar-refractivity contribution in [2.24, 2.45) is 5.10 Å². The number of ether oxygens (including phenoxy) is 2. The Hall–Kier alpha value is -3.07. The maximum absolute atomic E-state index is 12.3. The van der Waals surface area contributed by atoms with Crippen LogP contribution in [0.2, 0.25) is 0 Å². The molecule has 0 radical (unpaired) electrons. The van der Waals surface area contributed by atoms with Crippen LogP contribution in [0, 0.1) is 25.2 Å². The van der Waals surface area contributed by atoms with Gasteiger partial charge in [-0.25, -0.2) is 4.68 Å². The van der Waals surface area contributed by atoms with E-state index in [0.717, 1.165) is 5.56 Å². The van der Waals surface area contributed by atoms with Gasteiger partial charge in [0, 0.05) is 5.69 Å². The average molecular weight is 325 g/mol. The summed E-state index contributed by atoms with van der Waals surface area (Å²) < 4.78 is 12.0. The van der Waals surface area contributed by atoms with Gasteiger partial charge in [0.1, 0.15) is 11.6 Å². The lowest BCUT2D eigenvalue weighted by Gasteiger charge is -2.10. The molecule has 0 fully saturated rings. The molecule has 2 aromatic rings. The Morgan fingerprint density at radius 2 is 2.04 bits per heavy atom. The highest BCUT2D eigenvalue weighted by Gasteiger charge is 2.09. The van der Waals surface area contributed by atoms with E-state index in [0.29, 0.717) is 29.4 Å². The third kappa shape index (κ3) is 3.46. The molecule has 6 nitrogen and oxygen atoms in total. The van der Waals surface area contributed by atoms with Crippen molar-refractivity contribution in [2.45, 2.75) is 20.8 Å². The summed E-state index contributed by atoms with van der Waals surface area (Å²) in [5, 5.41) is 13.3. The molecule has 0 saturated heterocycles. The largest absolute Gasteiger partial charge is 0.493 e. The Bertz CT molecular complexity index is 876. The highest BCUT2D eigenvalue weighted by Crippen LogP contribution is 2.27. The van der Waals surface area contributed by atoms with Gasteiger partial charge in [-0.05, 0) is 56.2 Å². The predicted octanol–water partition coefficient (Wildman–Crippen LogP) is 2.63. The number of nitriles is 1. The van der Waals surface area contributed by atoms with Crippen molar-refractivity contribution in [3.63, 3.8) is 0 Å². The van der Waals surface area contributed by atoms with Crippen molar-refractivity contribution < 1.29 is 9.47 Å². The summed E-state index contributed by atoms with van der Waals surface area (Å²) in [7, 11) is 1.56. The number of hydrogen-bond acceptors (Lipinski definition) is 5. The Kier molecular flexibility index (Phi) is 5.38. The summed E-state index contributed by atoms with van der Waals surface area (Å²) in [4.78, 5) is 12.3. The smallest absolute Gasteiger partial charge is 0.289 e. The van der Waals surface area contributed by atoms with Crippen LogP contribution in [-0.2, 0) is 0 Å². The molecule has 0 aliphatic rings. The number of nitrogens with zero attached hydrogens (tertiary/aromatic N) is 3. The molecule has 6 heteroatoms. The van der Waals surface area contributed by atoms with Crippen molar-refractivity contribution in [1.82, 2.24) is 4.68 Å². The quantitative estimate of drug-likeness (QED) is 0.792. The number of rotatable bonds is 5. The predicted molar refractivity (Wildman–Crippen MR) is 92.0 cm³/mol. The van der Waals surface area contributed by atoms with Crippen molar-refractivity contribution in [3.8, 4) is 17.6 Å². The fraction of sp³-hybridized carbons (Fsp3) is 0.278. The van der Waals surface area contributed by atoms with Crippen LogP contribution >= 0.6 is 0 Å². The SMILES string of the molecule is CCOc1ccc(/C=N\n2c(C)cc(C)c(C#N)c2=O)cc1OC. The lowest BCUT2D eigenvalue weighted by atomic mass is 10.1. The fourth-order valence-corrected chi connectivity index (χ4v) is 2.32. The highest BCUT2D eigenvalue weighted by atomic mass is 16.5.